The number of hydrogen-bond donors (Lipinski definition) is 2. The van der Waals surface area contributed by atoms with Crippen LogP contribution in [-0.4, -0.2) is 39.8 Å². The third-order valence-electron chi connectivity index (χ3n) is 5.29. The van der Waals surface area contributed by atoms with Gasteiger partial charge in [-0.3, -0.25) is 14.4 Å². The van der Waals surface area contributed by atoms with Crippen LogP contribution in [0.4, 0.5) is 0 Å². The van der Waals surface area contributed by atoms with Crippen LogP contribution in [0.3, 0.4) is 0 Å². The van der Waals surface area contributed by atoms with Gasteiger partial charge in [-0.25, -0.2) is 4.98 Å². The number of H-pyrrole nitrogens is 1. The fraction of sp³-hybridized carbons (Fsp3) is 0.579. The maximum absolute atomic E-state index is 11.9. The first-order chi connectivity index (χ1) is 13.0. The van der Waals surface area contributed by atoms with Crippen LogP contribution < -0.4 is 11.3 Å². The van der Waals surface area contributed by atoms with Gasteiger partial charge in [0.25, 0.3) is 11.5 Å². The summed E-state index contributed by atoms with van der Waals surface area (Å²) in [7, 11) is 0. The smallest absolute Gasteiger partial charge is 0.262 e. The predicted octanol–water partition coefficient (Wildman–Crippen LogP) is 2.11. The normalized spacial score (nSPS) is 17.6. The molecule has 1 saturated heterocycles. The zero-order chi connectivity index (χ0) is 19.4. The van der Waals surface area contributed by atoms with E-state index in [4.69, 9.17) is 10.2 Å². The van der Waals surface area contributed by atoms with Crippen LogP contribution in [0, 0.1) is 12.8 Å². The van der Waals surface area contributed by atoms with E-state index in [-0.39, 0.29) is 16.7 Å². The molecule has 2 amide bonds. The van der Waals surface area contributed by atoms with Gasteiger partial charge < -0.3 is 20.0 Å². The molecule has 2 fully saturated rings. The van der Waals surface area contributed by atoms with Crippen molar-refractivity contribution in [2.45, 2.75) is 51.9 Å². The zero-order valence-electron chi connectivity index (χ0n) is 15.6. The van der Waals surface area contributed by atoms with Crippen molar-refractivity contribution in [2.75, 3.05) is 13.1 Å². The molecule has 1 aliphatic heterocycles. The number of furan rings is 1. The Morgan fingerprint density at radius 2 is 1.85 bits per heavy atom. The van der Waals surface area contributed by atoms with Crippen LogP contribution in [0.2, 0.25) is 0 Å². The fourth-order valence-corrected chi connectivity index (χ4v) is 3.90. The Bertz CT molecular complexity index is 873. The number of rotatable bonds is 2. The van der Waals surface area contributed by atoms with Crippen molar-refractivity contribution in [1.82, 2.24) is 14.9 Å². The first-order valence-electron chi connectivity index (χ1n) is 9.54. The van der Waals surface area contributed by atoms with Crippen molar-refractivity contribution in [3.8, 4) is 0 Å². The van der Waals surface area contributed by atoms with E-state index in [0.717, 1.165) is 25.9 Å². The van der Waals surface area contributed by atoms with Gasteiger partial charge >= 0.3 is 0 Å². The molecule has 0 radical (unpaired) electrons. The number of hydrogen-bond acceptors (Lipinski definition) is 5. The van der Waals surface area contributed by atoms with Crippen molar-refractivity contribution in [3.63, 3.8) is 0 Å². The lowest BCUT2D eigenvalue weighted by atomic mass is 10.0. The molecule has 8 heteroatoms. The average Bonchev–Trinajstić information content (AvgIpc) is 3.30. The van der Waals surface area contributed by atoms with Crippen LogP contribution in [0.15, 0.2) is 15.5 Å². The number of nitrogens with zero attached hydrogens (tertiary/aromatic N) is 2. The van der Waals surface area contributed by atoms with Crippen molar-refractivity contribution in [3.05, 3.63) is 28.0 Å². The van der Waals surface area contributed by atoms with Crippen molar-refractivity contribution >= 4 is 22.9 Å². The number of nitrogens with one attached hydrogen (secondary N) is 1. The van der Waals surface area contributed by atoms with Crippen molar-refractivity contribution in [1.29, 1.82) is 0 Å². The summed E-state index contributed by atoms with van der Waals surface area (Å²) in [6, 6.07) is 0. The number of carbonyl (C=O) groups is 2. The maximum atomic E-state index is 11.9. The van der Waals surface area contributed by atoms with Gasteiger partial charge in [0.2, 0.25) is 11.6 Å². The predicted molar refractivity (Wildman–Crippen MR) is 100 cm³/mol. The lowest BCUT2D eigenvalue weighted by molar-refractivity contribution is -0.136. The Morgan fingerprint density at radius 3 is 2.48 bits per heavy atom. The molecule has 1 saturated carbocycles. The largest absolute Gasteiger partial charge is 0.442 e. The molecule has 3 N–H and O–H groups in total. The fourth-order valence-electron chi connectivity index (χ4n) is 3.90. The lowest BCUT2D eigenvalue weighted by Crippen LogP contribution is -2.38. The van der Waals surface area contributed by atoms with Gasteiger partial charge in [0.1, 0.15) is 11.1 Å². The van der Waals surface area contributed by atoms with Gasteiger partial charge in [-0.15, -0.1) is 0 Å². The minimum atomic E-state index is -0.695. The minimum Gasteiger partial charge on any atom is -0.442 e. The summed E-state index contributed by atoms with van der Waals surface area (Å²) in [5, 5.41) is 0.109. The summed E-state index contributed by atoms with van der Waals surface area (Å²) in [4.78, 5) is 42.5. The van der Waals surface area contributed by atoms with E-state index in [1.54, 1.807) is 6.92 Å². The Kier molecular flexibility index (Phi) is 5.93. The highest BCUT2D eigenvalue weighted by atomic mass is 16.3. The summed E-state index contributed by atoms with van der Waals surface area (Å²) in [6.07, 6.45) is 9.79. The third-order valence-corrected chi connectivity index (χ3v) is 5.29. The lowest BCUT2D eigenvalue weighted by Gasteiger charge is -2.29. The number of aryl methyl sites for hydroxylation is 1. The highest BCUT2D eigenvalue weighted by molar-refractivity contribution is 6.05. The summed E-state index contributed by atoms with van der Waals surface area (Å²) in [5.74, 6) is 0.451. The molecule has 0 atom stereocenters. The topological polar surface area (TPSA) is 122 Å². The van der Waals surface area contributed by atoms with E-state index < -0.39 is 11.5 Å². The molecule has 1 aliphatic carbocycles. The molecule has 146 valence electrons. The van der Waals surface area contributed by atoms with Gasteiger partial charge in [0.15, 0.2) is 0 Å². The summed E-state index contributed by atoms with van der Waals surface area (Å²) >= 11 is 0. The highest BCUT2D eigenvalue weighted by Gasteiger charge is 2.27. The van der Waals surface area contributed by atoms with Crippen LogP contribution >= 0.6 is 0 Å². The van der Waals surface area contributed by atoms with E-state index in [1.807, 2.05) is 0 Å². The molecular weight excluding hydrogens is 348 g/mol. The molecule has 0 spiro atoms. The second kappa shape index (κ2) is 8.37. The van der Waals surface area contributed by atoms with E-state index in [9.17, 15) is 14.4 Å². The maximum Gasteiger partial charge on any atom is 0.262 e. The number of likely N-dealkylation sites (tertiary alicyclic amines) is 1. The molecule has 0 bridgehead atoms. The number of aromatic nitrogens is 2. The molecule has 2 aromatic rings. The first kappa shape index (κ1) is 19.1. The van der Waals surface area contributed by atoms with Gasteiger partial charge in [-0.05, 0) is 39.0 Å². The van der Waals surface area contributed by atoms with Gasteiger partial charge in [0, 0.05) is 19.0 Å². The average molecular weight is 374 g/mol. The number of fused-ring (bicyclic) bond motifs is 1. The summed E-state index contributed by atoms with van der Waals surface area (Å²) in [5.41, 5.74) is 4.90. The number of primary amides is 1. The van der Waals surface area contributed by atoms with Crippen LogP contribution in [-0.2, 0) is 4.79 Å². The second-order valence-electron chi connectivity index (χ2n) is 7.18. The minimum absolute atomic E-state index is 0.0920. The standard InChI is InChI=1S/C11H19NO.C8H7N3O3/c13-11(10-6-2-3-7-10)12-8-4-1-5-9-12;1-3-4(6(9)12)5-7(13)10-2-11-8(5)14-3/h10H,1-9H2;2H,1H3,(H2,9,12)(H,10,11,13). The Balaban J connectivity index is 0.000000156. The molecule has 0 aromatic carbocycles. The van der Waals surface area contributed by atoms with Crippen molar-refractivity contribution < 1.29 is 14.0 Å². The van der Waals surface area contributed by atoms with Crippen LogP contribution in [0.1, 0.15) is 61.1 Å². The molecule has 8 nitrogen and oxygen atoms in total. The molecule has 2 aliphatic rings. The number of nitrogens with two attached hydrogens (primary N) is 1. The Hall–Kier alpha value is -2.64. The highest BCUT2D eigenvalue weighted by Crippen LogP contribution is 2.27. The zero-order valence-corrected chi connectivity index (χ0v) is 15.6. The Labute approximate surface area is 157 Å². The third kappa shape index (κ3) is 4.20. The SMILES string of the molecule is Cc1oc2nc[nH]c(=O)c2c1C(N)=O.O=C(C1CCCC1)N1CCCCC1. The van der Waals surface area contributed by atoms with Gasteiger partial charge in [0.05, 0.1) is 11.9 Å². The molecule has 27 heavy (non-hydrogen) atoms. The van der Waals surface area contributed by atoms with Crippen LogP contribution in [0.25, 0.3) is 11.1 Å². The molecule has 0 unspecified atom stereocenters. The summed E-state index contributed by atoms with van der Waals surface area (Å²) in [6.45, 7) is 3.60. The number of carbonyl (C=O) groups excluding carboxylic acids is 2. The number of amides is 2. The molecule has 2 aromatic heterocycles. The van der Waals surface area contributed by atoms with Gasteiger partial charge in [-0.1, -0.05) is 12.8 Å². The van der Waals surface area contributed by atoms with Crippen molar-refractivity contribution in [2.24, 2.45) is 11.7 Å². The van der Waals surface area contributed by atoms with Gasteiger partial charge in [-0.2, -0.15) is 0 Å². The van der Waals surface area contributed by atoms with E-state index >= 15 is 0 Å². The van der Waals surface area contributed by atoms with E-state index in [1.165, 1.54) is 38.4 Å². The molecule has 4 rings (SSSR count). The van der Waals surface area contributed by atoms with Crippen LogP contribution in [0.5, 0.6) is 0 Å². The first-order valence-corrected chi connectivity index (χ1v) is 9.54. The Morgan fingerprint density at radius 1 is 1.19 bits per heavy atom. The summed E-state index contributed by atoms with van der Waals surface area (Å²) < 4.78 is 5.11. The quantitative estimate of drug-likeness (QED) is 0.833. The molecule has 3 heterocycles. The molecular formula is C19H26N4O4. The van der Waals surface area contributed by atoms with E-state index in [0.29, 0.717) is 17.6 Å². The number of piperidine rings is 1. The van der Waals surface area contributed by atoms with E-state index in [2.05, 4.69) is 14.9 Å². The monoisotopic (exact) mass is 374 g/mol. The second-order valence-corrected chi connectivity index (χ2v) is 7.18. The number of aromatic amines is 1.